The molecule has 0 atom stereocenters. The van der Waals surface area contributed by atoms with Crippen LogP contribution in [0, 0.1) is 0 Å². The van der Waals surface area contributed by atoms with Gasteiger partial charge >= 0.3 is 0 Å². The fourth-order valence-electron chi connectivity index (χ4n) is 2.00. The molecule has 7 N–H and O–H groups in total. The lowest BCUT2D eigenvalue weighted by molar-refractivity contribution is 1.10. The molecule has 1 aromatic carbocycles. The number of aliphatic imine (C=N–C) groups is 2. The van der Waals surface area contributed by atoms with Crippen LogP contribution < -0.4 is 17.2 Å². The number of aromatic nitrogens is 4. The largest absolute Gasteiger partial charge is 0.370 e. The summed E-state index contributed by atoms with van der Waals surface area (Å²) < 4.78 is 0. The second-order valence-electron chi connectivity index (χ2n) is 4.80. The predicted molar refractivity (Wildman–Crippen MR) is 92.1 cm³/mol. The first kappa shape index (κ1) is 15.2. The highest BCUT2D eigenvalue weighted by Crippen LogP contribution is 2.22. The zero-order valence-electron chi connectivity index (χ0n) is 12.6. The molecule has 3 rings (SSSR count). The van der Waals surface area contributed by atoms with Crippen molar-refractivity contribution in [3.63, 3.8) is 0 Å². The Morgan fingerprint density at radius 3 is 2.46 bits per heavy atom. The Bertz CT molecular complexity index is 875. The van der Waals surface area contributed by atoms with Crippen LogP contribution in [0.1, 0.15) is 0 Å². The van der Waals surface area contributed by atoms with Gasteiger partial charge in [0.05, 0.1) is 5.69 Å². The van der Waals surface area contributed by atoms with E-state index in [9.17, 15) is 0 Å². The van der Waals surface area contributed by atoms with E-state index in [2.05, 4.69) is 30.2 Å². The molecule has 24 heavy (non-hydrogen) atoms. The van der Waals surface area contributed by atoms with Crippen LogP contribution in [-0.4, -0.2) is 32.1 Å². The Balaban J connectivity index is 1.82. The fourth-order valence-corrected chi connectivity index (χ4v) is 2.00. The second kappa shape index (κ2) is 6.57. The highest BCUT2D eigenvalue weighted by molar-refractivity contribution is 5.93. The van der Waals surface area contributed by atoms with E-state index in [4.69, 9.17) is 17.2 Å². The van der Waals surface area contributed by atoms with Gasteiger partial charge in [0.15, 0.2) is 17.6 Å². The average molecular weight is 321 g/mol. The molecule has 0 aliphatic rings. The van der Waals surface area contributed by atoms with Gasteiger partial charge in [-0.2, -0.15) is 10.1 Å². The molecular formula is C15H15N9. The predicted octanol–water partition coefficient (Wildman–Crippen LogP) is 0.753. The van der Waals surface area contributed by atoms with Gasteiger partial charge in [-0.3, -0.25) is 10.1 Å². The molecule has 120 valence electrons. The highest BCUT2D eigenvalue weighted by Gasteiger charge is 2.07. The molecule has 0 saturated heterocycles. The smallest absolute Gasteiger partial charge is 0.223 e. The van der Waals surface area contributed by atoms with Gasteiger partial charge in [-0.25, -0.2) is 9.98 Å². The number of guanidine groups is 2. The summed E-state index contributed by atoms with van der Waals surface area (Å²) >= 11 is 0. The van der Waals surface area contributed by atoms with E-state index >= 15 is 0 Å². The lowest BCUT2D eigenvalue weighted by Crippen LogP contribution is -2.26. The van der Waals surface area contributed by atoms with Gasteiger partial charge in [0, 0.05) is 23.5 Å². The lowest BCUT2D eigenvalue weighted by atomic mass is 10.2. The summed E-state index contributed by atoms with van der Waals surface area (Å²) in [5.74, 6) is 1.07. The molecule has 0 bridgehead atoms. The number of nitrogens with zero attached hydrogens (tertiary/aromatic N) is 5. The van der Waals surface area contributed by atoms with E-state index < -0.39 is 0 Å². The first-order valence-corrected chi connectivity index (χ1v) is 6.99. The van der Waals surface area contributed by atoms with Crippen LogP contribution in [0.25, 0.3) is 22.8 Å². The maximum absolute atomic E-state index is 5.59. The monoisotopic (exact) mass is 321 g/mol. The summed E-state index contributed by atoms with van der Waals surface area (Å²) in [5.41, 5.74) is 18.4. The number of nitrogens with two attached hydrogens (primary N) is 3. The maximum Gasteiger partial charge on any atom is 0.223 e. The third-order valence-electron chi connectivity index (χ3n) is 3.03. The molecule has 0 aliphatic carbocycles. The zero-order valence-corrected chi connectivity index (χ0v) is 12.6. The summed E-state index contributed by atoms with van der Waals surface area (Å²) in [6.45, 7) is 0. The number of hydrogen-bond acceptors (Lipinski definition) is 4. The third-order valence-corrected chi connectivity index (χ3v) is 3.03. The molecule has 0 aliphatic heterocycles. The standard InChI is InChI=1S/C15H15N9/c16-14(17)22-15(18)20-11-5-3-9(4-6-11)12-21-13(24-23-12)10-2-1-7-19-8-10/h1-8H,(H,21,23,24)(H6,16,17,18,20,22). The van der Waals surface area contributed by atoms with Gasteiger partial charge < -0.3 is 17.2 Å². The van der Waals surface area contributed by atoms with Gasteiger partial charge in [0.25, 0.3) is 0 Å². The van der Waals surface area contributed by atoms with Crippen LogP contribution in [0.2, 0.25) is 0 Å². The molecule has 3 aromatic rings. The van der Waals surface area contributed by atoms with E-state index in [0.717, 1.165) is 11.1 Å². The zero-order chi connectivity index (χ0) is 16.9. The first-order chi connectivity index (χ1) is 11.6. The number of nitrogens with one attached hydrogen (secondary N) is 1. The van der Waals surface area contributed by atoms with Crippen molar-refractivity contribution < 1.29 is 0 Å². The second-order valence-corrected chi connectivity index (χ2v) is 4.80. The average Bonchev–Trinajstić information content (AvgIpc) is 3.05. The van der Waals surface area contributed by atoms with Gasteiger partial charge in [0.1, 0.15) is 0 Å². The Kier molecular flexibility index (Phi) is 4.15. The molecule has 2 heterocycles. The minimum Gasteiger partial charge on any atom is -0.370 e. The third kappa shape index (κ3) is 3.53. The number of pyridine rings is 1. The number of H-pyrrole nitrogens is 1. The molecule has 0 saturated carbocycles. The van der Waals surface area contributed by atoms with Gasteiger partial charge in [-0.05, 0) is 36.4 Å². The summed E-state index contributed by atoms with van der Waals surface area (Å²) in [6.07, 6.45) is 3.40. The molecule has 2 aromatic heterocycles. The molecular weight excluding hydrogens is 306 g/mol. The molecule has 0 radical (unpaired) electrons. The van der Waals surface area contributed by atoms with Crippen molar-refractivity contribution in [3.05, 3.63) is 48.8 Å². The quantitative estimate of drug-likeness (QED) is 0.412. The van der Waals surface area contributed by atoms with Crippen molar-refractivity contribution in [3.8, 4) is 22.8 Å². The summed E-state index contributed by atoms with van der Waals surface area (Å²) in [7, 11) is 0. The minimum absolute atomic E-state index is 0.0127. The summed E-state index contributed by atoms with van der Waals surface area (Å²) in [5, 5.41) is 7.10. The van der Waals surface area contributed by atoms with Crippen LogP contribution in [0.4, 0.5) is 5.69 Å². The van der Waals surface area contributed by atoms with Crippen LogP contribution in [0.5, 0.6) is 0 Å². The van der Waals surface area contributed by atoms with Crippen LogP contribution >= 0.6 is 0 Å². The molecule has 9 nitrogen and oxygen atoms in total. The molecule has 9 heteroatoms. The van der Waals surface area contributed by atoms with E-state index in [-0.39, 0.29) is 11.9 Å². The highest BCUT2D eigenvalue weighted by atomic mass is 15.2. The van der Waals surface area contributed by atoms with Crippen molar-refractivity contribution in [2.24, 2.45) is 27.2 Å². The Labute approximate surface area is 137 Å². The van der Waals surface area contributed by atoms with E-state index in [1.807, 2.05) is 24.3 Å². The molecule has 0 unspecified atom stereocenters. The summed E-state index contributed by atoms with van der Waals surface area (Å²) in [4.78, 5) is 16.2. The van der Waals surface area contributed by atoms with Crippen molar-refractivity contribution in [2.75, 3.05) is 0 Å². The fraction of sp³-hybridized carbons (Fsp3) is 0. The number of benzene rings is 1. The SMILES string of the molecule is NC(N)=NC(N)=Nc1ccc(-c2nc(-c3cccnc3)n[nH]2)cc1. The normalized spacial score (nSPS) is 11.2. The van der Waals surface area contributed by atoms with Crippen molar-refractivity contribution in [1.29, 1.82) is 0 Å². The number of hydrogen-bond donors (Lipinski definition) is 4. The van der Waals surface area contributed by atoms with E-state index in [1.165, 1.54) is 0 Å². The molecule has 0 spiro atoms. The maximum atomic E-state index is 5.59. The van der Waals surface area contributed by atoms with Gasteiger partial charge in [-0.1, -0.05) is 0 Å². The Morgan fingerprint density at radius 2 is 1.79 bits per heavy atom. The number of aromatic amines is 1. The topological polar surface area (TPSA) is 157 Å². The minimum atomic E-state index is -0.141. The van der Waals surface area contributed by atoms with Crippen molar-refractivity contribution in [1.82, 2.24) is 20.2 Å². The Hall–Kier alpha value is -3.75. The summed E-state index contributed by atoms with van der Waals surface area (Å²) in [6, 6.07) is 11.0. The van der Waals surface area contributed by atoms with Crippen molar-refractivity contribution >= 4 is 17.6 Å². The Morgan fingerprint density at radius 1 is 1.00 bits per heavy atom. The first-order valence-electron chi connectivity index (χ1n) is 6.99. The van der Waals surface area contributed by atoms with Crippen LogP contribution in [0.15, 0.2) is 58.8 Å². The van der Waals surface area contributed by atoms with Crippen LogP contribution in [0.3, 0.4) is 0 Å². The lowest BCUT2D eigenvalue weighted by Gasteiger charge is -1.98. The number of rotatable bonds is 3. The van der Waals surface area contributed by atoms with E-state index in [0.29, 0.717) is 17.3 Å². The van der Waals surface area contributed by atoms with Gasteiger partial charge in [-0.15, -0.1) is 0 Å². The molecule has 0 amide bonds. The molecule has 0 fully saturated rings. The van der Waals surface area contributed by atoms with E-state index in [1.54, 1.807) is 24.5 Å². The van der Waals surface area contributed by atoms with Gasteiger partial charge in [0.2, 0.25) is 5.96 Å². The van der Waals surface area contributed by atoms with Crippen LogP contribution in [-0.2, 0) is 0 Å². The van der Waals surface area contributed by atoms with Crippen molar-refractivity contribution in [2.45, 2.75) is 0 Å².